The number of hydrogen-bond donors (Lipinski definition) is 1. The van der Waals surface area contributed by atoms with Crippen molar-refractivity contribution in [2.24, 2.45) is 0 Å². The molecule has 0 amide bonds. The standard InChI is InChI=1S/C7H15N2O/c1-8-3-5-9-4-2-7(10)6-9/h7,10H,2-6H2,1H3/q-1/t7-/m0/s1. The molecule has 1 rings (SSSR count). The molecule has 1 heterocycles. The van der Waals surface area contributed by atoms with E-state index in [2.05, 4.69) is 10.2 Å². The van der Waals surface area contributed by atoms with Crippen molar-refractivity contribution >= 4 is 0 Å². The lowest BCUT2D eigenvalue weighted by Crippen LogP contribution is -2.24. The average Bonchev–Trinajstić information content (AvgIpc) is 2.31. The highest BCUT2D eigenvalue weighted by Crippen LogP contribution is 2.07. The van der Waals surface area contributed by atoms with Crippen LogP contribution < -0.4 is 0 Å². The van der Waals surface area contributed by atoms with Gasteiger partial charge in [-0.3, -0.25) is 0 Å². The van der Waals surface area contributed by atoms with E-state index in [1.54, 1.807) is 0 Å². The second-order valence-corrected chi connectivity index (χ2v) is 2.78. The van der Waals surface area contributed by atoms with Crippen LogP contribution in [0.3, 0.4) is 0 Å². The third-order valence-electron chi connectivity index (χ3n) is 1.89. The van der Waals surface area contributed by atoms with Gasteiger partial charge < -0.3 is 15.3 Å². The van der Waals surface area contributed by atoms with Crippen LogP contribution in [0.1, 0.15) is 6.42 Å². The van der Waals surface area contributed by atoms with E-state index < -0.39 is 0 Å². The minimum Gasteiger partial charge on any atom is -0.664 e. The first-order valence-corrected chi connectivity index (χ1v) is 3.79. The SMILES string of the molecule is C[N-]CCN1CC[C@H](O)C1. The highest BCUT2D eigenvalue weighted by Gasteiger charge is 2.17. The maximum Gasteiger partial charge on any atom is 0.0679 e. The number of likely N-dealkylation sites (N-methyl/N-ethyl adjacent to an activating group) is 1. The zero-order chi connectivity index (χ0) is 7.40. The number of aliphatic hydroxyl groups excluding tert-OH is 1. The van der Waals surface area contributed by atoms with Crippen LogP contribution in [0.5, 0.6) is 0 Å². The van der Waals surface area contributed by atoms with Crippen LogP contribution in [-0.2, 0) is 0 Å². The molecule has 0 aromatic heterocycles. The lowest BCUT2D eigenvalue weighted by Gasteiger charge is -2.19. The van der Waals surface area contributed by atoms with Gasteiger partial charge in [0.2, 0.25) is 0 Å². The molecule has 1 aliphatic heterocycles. The average molecular weight is 143 g/mol. The van der Waals surface area contributed by atoms with Crippen molar-refractivity contribution in [3.05, 3.63) is 5.32 Å². The van der Waals surface area contributed by atoms with E-state index in [9.17, 15) is 0 Å². The monoisotopic (exact) mass is 143 g/mol. The Hall–Kier alpha value is -0.120. The van der Waals surface area contributed by atoms with Crippen molar-refractivity contribution in [2.75, 3.05) is 33.2 Å². The number of rotatable bonds is 3. The molecule has 60 valence electrons. The van der Waals surface area contributed by atoms with E-state index in [4.69, 9.17) is 5.11 Å². The van der Waals surface area contributed by atoms with Gasteiger partial charge in [0.05, 0.1) is 6.10 Å². The Morgan fingerprint density at radius 3 is 3.00 bits per heavy atom. The molecular formula is C7H15N2O-. The molecule has 0 aromatic rings. The third-order valence-corrected chi connectivity index (χ3v) is 1.89. The summed E-state index contributed by atoms with van der Waals surface area (Å²) in [7, 11) is 1.83. The fourth-order valence-electron chi connectivity index (χ4n) is 1.26. The van der Waals surface area contributed by atoms with Gasteiger partial charge in [-0.25, -0.2) is 0 Å². The van der Waals surface area contributed by atoms with E-state index in [-0.39, 0.29) is 6.10 Å². The van der Waals surface area contributed by atoms with Gasteiger partial charge >= 0.3 is 0 Å². The first-order valence-electron chi connectivity index (χ1n) is 3.79. The second kappa shape index (κ2) is 3.91. The van der Waals surface area contributed by atoms with Gasteiger partial charge in [0.25, 0.3) is 0 Å². The van der Waals surface area contributed by atoms with E-state index in [1.807, 2.05) is 7.05 Å². The summed E-state index contributed by atoms with van der Waals surface area (Å²) in [5, 5.41) is 13.1. The van der Waals surface area contributed by atoms with Crippen molar-refractivity contribution in [1.29, 1.82) is 0 Å². The van der Waals surface area contributed by atoms with Crippen molar-refractivity contribution in [1.82, 2.24) is 4.90 Å². The molecule has 1 fully saturated rings. The van der Waals surface area contributed by atoms with Crippen LogP contribution in [0.4, 0.5) is 0 Å². The first-order chi connectivity index (χ1) is 4.83. The van der Waals surface area contributed by atoms with Gasteiger partial charge in [-0.1, -0.05) is 0 Å². The lowest BCUT2D eigenvalue weighted by molar-refractivity contribution is 0.178. The van der Waals surface area contributed by atoms with Crippen LogP contribution in [0.2, 0.25) is 0 Å². The molecule has 3 nitrogen and oxygen atoms in total. The van der Waals surface area contributed by atoms with Crippen molar-refractivity contribution in [3.63, 3.8) is 0 Å². The van der Waals surface area contributed by atoms with E-state index in [0.717, 1.165) is 32.6 Å². The molecule has 0 unspecified atom stereocenters. The van der Waals surface area contributed by atoms with Crippen LogP contribution in [0.15, 0.2) is 0 Å². The quantitative estimate of drug-likeness (QED) is 0.606. The summed E-state index contributed by atoms with van der Waals surface area (Å²) < 4.78 is 0. The summed E-state index contributed by atoms with van der Waals surface area (Å²) in [6.45, 7) is 3.78. The van der Waals surface area contributed by atoms with Gasteiger partial charge in [0.15, 0.2) is 0 Å². The molecule has 1 atom stereocenters. The van der Waals surface area contributed by atoms with Crippen LogP contribution >= 0.6 is 0 Å². The molecule has 1 N–H and O–H groups in total. The predicted octanol–water partition coefficient (Wildman–Crippen LogP) is 0.0565. The number of hydrogen-bond acceptors (Lipinski definition) is 2. The minimum atomic E-state index is -0.0862. The van der Waals surface area contributed by atoms with E-state index in [1.165, 1.54) is 0 Å². The fourth-order valence-corrected chi connectivity index (χ4v) is 1.26. The number of likely N-dealkylation sites (tertiary alicyclic amines) is 1. The molecule has 1 aliphatic rings. The van der Waals surface area contributed by atoms with E-state index in [0.29, 0.717) is 0 Å². The van der Waals surface area contributed by atoms with Crippen molar-refractivity contribution in [2.45, 2.75) is 12.5 Å². The molecule has 10 heavy (non-hydrogen) atoms. The second-order valence-electron chi connectivity index (χ2n) is 2.78. The van der Waals surface area contributed by atoms with Gasteiger partial charge in [-0.15, -0.1) is 6.54 Å². The summed E-state index contributed by atoms with van der Waals surface area (Å²) in [5.74, 6) is 0. The number of β-amino-alcohol motifs (C(OH)–C–C–N with tert-alkyl or cyclic N) is 1. The Bertz CT molecular complexity index is 97.6. The zero-order valence-electron chi connectivity index (χ0n) is 6.45. The van der Waals surface area contributed by atoms with Crippen molar-refractivity contribution in [3.8, 4) is 0 Å². The Morgan fingerprint density at radius 1 is 1.70 bits per heavy atom. The lowest BCUT2D eigenvalue weighted by atomic mass is 10.3. The highest BCUT2D eigenvalue weighted by molar-refractivity contribution is 4.79. The minimum absolute atomic E-state index is 0.0862. The van der Waals surface area contributed by atoms with Gasteiger partial charge in [-0.05, 0) is 13.0 Å². The molecular weight excluding hydrogens is 128 g/mol. The first kappa shape index (κ1) is 7.98. The molecule has 0 bridgehead atoms. The molecule has 0 radical (unpaired) electrons. The van der Waals surface area contributed by atoms with Gasteiger partial charge in [-0.2, -0.15) is 7.05 Å². The summed E-state index contributed by atoms with van der Waals surface area (Å²) in [4.78, 5) is 2.25. The highest BCUT2D eigenvalue weighted by atomic mass is 16.3. The Kier molecular flexibility index (Phi) is 3.12. The van der Waals surface area contributed by atoms with Gasteiger partial charge in [0, 0.05) is 13.1 Å². The number of nitrogens with zero attached hydrogens (tertiary/aromatic N) is 2. The Balaban J connectivity index is 2.06. The fraction of sp³-hybridized carbons (Fsp3) is 1.00. The van der Waals surface area contributed by atoms with Crippen LogP contribution in [0.25, 0.3) is 5.32 Å². The molecule has 1 saturated heterocycles. The topological polar surface area (TPSA) is 37.6 Å². The zero-order valence-corrected chi connectivity index (χ0v) is 6.45. The smallest absolute Gasteiger partial charge is 0.0679 e. The van der Waals surface area contributed by atoms with Crippen molar-refractivity contribution < 1.29 is 5.11 Å². The summed E-state index contributed by atoms with van der Waals surface area (Å²) >= 11 is 0. The Labute approximate surface area is 62.0 Å². The summed E-state index contributed by atoms with van der Waals surface area (Å²) in [5.41, 5.74) is 0. The maximum absolute atomic E-state index is 9.13. The van der Waals surface area contributed by atoms with E-state index >= 15 is 0 Å². The largest absolute Gasteiger partial charge is 0.664 e. The predicted molar refractivity (Wildman–Crippen MR) is 41.2 cm³/mol. The maximum atomic E-state index is 9.13. The molecule has 3 heteroatoms. The van der Waals surface area contributed by atoms with Gasteiger partial charge in [0.1, 0.15) is 0 Å². The molecule has 0 spiro atoms. The molecule has 0 saturated carbocycles. The molecule has 0 aliphatic carbocycles. The van der Waals surface area contributed by atoms with Crippen LogP contribution in [0, 0.1) is 0 Å². The summed E-state index contributed by atoms with van der Waals surface area (Å²) in [6.07, 6.45) is 0.848. The molecule has 0 aromatic carbocycles. The number of aliphatic hydroxyl groups is 1. The van der Waals surface area contributed by atoms with Crippen LogP contribution in [-0.4, -0.2) is 49.3 Å². The summed E-state index contributed by atoms with van der Waals surface area (Å²) in [6, 6.07) is 0. The normalized spacial score (nSPS) is 27.6. The Morgan fingerprint density at radius 2 is 2.50 bits per heavy atom. The third kappa shape index (κ3) is 2.25.